The van der Waals surface area contributed by atoms with Gasteiger partial charge in [0.15, 0.2) is 0 Å². The zero-order chi connectivity index (χ0) is 94.8. The number of hydrogen-bond acceptors (Lipinski definition) is 15. The molecule has 140 heavy (non-hydrogen) atoms. The van der Waals surface area contributed by atoms with Crippen LogP contribution >= 0.6 is 0 Å². The Morgan fingerprint density at radius 2 is 0.593 bits per heavy atom. The van der Waals surface area contributed by atoms with Crippen molar-refractivity contribution in [2.45, 2.75) is 124 Å². The minimum atomic E-state index is -0.272. The molecule has 6 aliphatic heterocycles. The van der Waals surface area contributed by atoms with Crippen LogP contribution in [0.15, 0.2) is 371 Å². The fourth-order valence-corrected chi connectivity index (χ4v) is 18.8. The van der Waals surface area contributed by atoms with E-state index >= 15 is 0 Å². The Morgan fingerprint density at radius 1 is 0.250 bits per heavy atom. The molecule has 0 N–H and O–H groups in total. The van der Waals surface area contributed by atoms with Crippen molar-refractivity contribution in [1.29, 1.82) is 0 Å². The Kier molecular flexibility index (Phi) is 26.3. The Morgan fingerprint density at radius 3 is 1.01 bits per heavy atom. The van der Waals surface area contributed by atoms with Crippen LogP contribution in [0.5, 0.6) is 0 Å². The van der Waals surface area contributed by atoms with E-state index < -0.39 is 0 Å². The third kappa shape index (κ3) is 20.1. The maximum atomic E-state index is 14.3. The average molecular weight is 1820 g/mol. The zero-order valence-corrected chi connectivity index (χ0v) is 78.9. The van der Waals surface area contributed by atoms with Gasteiger partial charge in [0, 0.05) is 198 Å². The highest BCUT2D eigenvalue weighted by Gasteiger charge is 2.28. The first-order valence-electron chi connectivity index (χ1n) is 48.2. The second-order valence-electron chi connectivity index (χ2n) is 36.4. The van der Waals surface area contributed by atoms with E-state index in [1.165, 1.54) is 143 Å². The van der Waals surface area contributed by atoms with Crippen LogP contribution in [-0.4, -0.2) is 81.6 Å². The zero-order valence-electron chi connectivity index (χ0n) is 78.9. The molecule has 2 saturated carbocycles. The molecule has 0 unspecified atom stereocenters. The minimum Gasteiger partial charge on any atom is -0.288 e. The molecule has 0 amide bonds. The lowest BCUT2D eigenvalue weighted by atomic mass is 9.95. The predicted octanol–water partition coefficient (Wildman–Crippen LogP) is 28.3. The smallest absolute Gasteiger partial charge is 0.132 e. The number of aryl methyl sites for hydroxylation is 4. The third-order valence-electron chi connectivity index (χ3n) is 26.7. The molecule has 9 aromatic carbocycles. The summed E-state index contributed by atoms with van der Waals surface area (Å²) in [6.07, 6.45) is 33.6. The molecule has 2 fully saturated rings. The van der Waals surface area contributed by atoms with Crippen LogP contribution in [0.3, 0.4) is 0 Å². The monoisotopic (exact) mass is 1820 g/mol. The van der Waals surface area contributed by atoms with Gasteiger partial charge in [0.25, 0.3) is 0 Å². The minimum absolute atomic E-state index is 0.272. The molecule has 18 aromatic rings. The molecule has 16 heteroatoms. The highest BCUT2D eigenvalue weighted by Crippen LogP contribution is 2.46. The van der Waals surface area contributed by atoms with Crippen molar-refractivity contribution in [2.24, 2.45) is 30.0 Å². The number of hydrogen-bond donors (Lipinski definition) is 0. The number of benzene rings is 9. The van der Waals surface area contributed by atoms with E-state index in [2.05, 4.69) is 316 Å². The van der Waals surface area contributed by atoms with Crippen molar-refractivity contribution in [2.75, 3.05) is 0 Å². The Balaban J connectivity index is 0.0000000998. The van der Waals surface area contributed by atoms with Gasteiger partial charge in [0.05, 0.1) is 90.5 Å². The number of fused-ring (bicyclic) bond motifs is 6. The molecule has 0 spiro atoms. The van der Waals surface area contributed by atoms with Crippen LogP contribution in [0.1, 0.15) is 159 Å². The first kappa shape index (κ1) is 89.8. The fourth-order valence-electron chi connectivity index (χ4n) is 18.8. The molecule has 2 aliphatic carbocycles. The summed E-state index contributed by atoms with van der Waals surface area (Å²) < 4.78 is 14.3. The average Bonchev–Trinajstić information content (AvgIpc) is 1.89. The SMILES string of the molecule is C1=NCc2ccc(-c3cccnc3-c3cccc(C4CC4)c3)cc21.C1=NCc2ncc(-c3cccnc3-c3cccc(C4CC4)c3)cc21.CC1=NCc2ccc(-c3cccnc3-c3cccc(C)c3)cc21.CCc1cccc(-c2ncccc2-c2ccc3c(c2)C=NC3)c1.CCc1cccc(-c2ncccc2-c2cnc3c(c2)C=NC3)c1.Cc1ccc(F)c(-c2ncccc2-c2cnc3c(c2)C=NC3)c1. The molecule has 8 aliphatic rings. The largest absolute Gasteiger partial charge is 0.288 e. The lowest BCUT2D eigenvalue weighted by molar-refractivity contribution is 0.630. The topological polar surface area (TPSA) is 190 Å². The summed E-state index contributed by atoms with van der Waals surface area (Å²) in [5, 5.41) is 0. The van der Waals surface area contributed by atoms with Crippen molar-refractivity contribution in [3.63, 3.8) is 0 Å². The van der Waals surface area contributed by atoms with E-state index in [-0.39, 0.29) is 5.82 Å². The predicted molar refractivity (Wildman–Crippen MR) is 569 cm³/mol. The highest BCUT2D eigenvalue weighted by atomic mass is 19.1. The van der Waals surface area contributed by atoms with Crippen LogP contribution in [0.25, 0.3) is 134 Å². The summed E-state index contributed by atoms with van der Waals surface area (Å²) in [5.41, 5.74) is 48.4. The number of rotatable bonds is 16. The summed E-state index contributed by atoms with van der Waals surface area (Å²) in [6.45, 7) is 14.9. The summed E-state index contributed by atoms with van der Waals surface area (Å²) in [7, 11) is 0. The van der Waals surface area contributed by atoms with Gasteiger partial charge in [-0.05, 0) is 253 Å². The maximum absolute atomic E-state index is 14.3. The van der Waals surface area contributed by atoms with Crippen LogP contribution in [0, 0.1) is 19.7 Å². The fraction of sp³-hybridized carbons (Fsp3) is 0.153. The molecule has 0 radical (unpaired) electrons. The van der Waals surface area contributed by atoms with Crippen LogP contribution in [0.2, 0.25) is 0 Å². The van der Waals surface area contributed by atoms with Crippen LogP contribution in [-0.2, 0) is 52.1 Å². The first-order chi connectivity index (χ1) is 68.9. The summed E-state index contributed by atoms with van der Waals surface area (Å²) in [5.74, 6) is 1.23. The molecular weight excluding hydrogens is 1720 g/mol. The number of halogens is 1. The van der Waals surface area contributed by atoms with Crippen molar-refractivity contribution < 1.29 is 4.39 Å². The summed E-state index contributed by atoms with van der Waals surface area (Å²) >= 11 is 0. The van der Waals surface area contributed by atoms with E-state index in [9.17, 15) is 4.39 Å². The highest BCUT2D eigenvalue weighted by molar-refractivity contribution is 6.03. The Labute approximate surface area is 816 Å². The van der Waals surface area contributed by atoms with Gasteiger partial charge in [0.1, 0.15) is 5.82 Å². The van der Waals surface area contributed by atoms with Crippen molar-refractivity contribution >= 4 is 36.8 Å². The standard InChI is InChI=1S/C22H18N2.C21H17N3.2C21H18N2.C20H17N3.C19H14FN3/c1-3-16(15-6-7-15)11-18(4-1)22-21(5-2-10-24-22)17-8-9-19-13-23-14-20(19)12-17;1-3-15(14-6-7-14)9-16(4-1)21-19(5-2-8-23-21)17-10-18-11-22-13-20(18)24-12-17;1-14-5-3-6-17(11-14)21-19(7-4-10-22-21)16-8-9-18-13-23-15(2)20(18)12-16;1-2-15-5-3-6-17(11-15)21-20(7-4-10-23-21)16-8-9-18-13-22-14-19(18)12-16;1-2-14-5-3-6-15(9-14)20-18(7-4-8-22-20)16-10-17-11-21-13-19(17)23-12-16;1-12-4-5-17(20)16(7-12)19-15(3-2-6-22-19)13-8-14-9-21-11-18(14)23-10-13/h1-5,8-12,14-15H,6-7,13H2;1-5,8-12,14H,6-7,13H2;3-12H,13H2,1-2H3;3-12,14H,2,13H2,1H3;3-12H,2,13H2,1H3;2-10H,11H2,1H3. The molecule has 26 rings (SSSR count). The van der Waals surface area contributed by atoms with Crippen LogP contribution < -0.4 is 0 Å². The molecular formula is C124H102FN15. The van der Waals surface area contributed by atoms with Gasteiger partial charge in [-0.15, -0.1) is 0 Å². The Bertz CT molecular complexity index is 7640. The van der Waals surface area contributed by atoms with E-state index in [0.29, 0.717) is 30.9 Å². The third-order valence-corrected chi connectivity index (χ3v) is 26.7. The van der Waals surface area contributed by atoms with Crippen molar-refractivity contribution in [3.8, 4) is 134 Å². The van der Waals surface area contributed by atoms with E-state index in [4.69, 9.17) is 4.98 Å². The van der Waals surface area contributed by atoms with E-state index in [0.717, 1.165) is 162 Å². The van der Waals surface area contributed by atoms with Crippen molar-refractivity contribution in [3.05, 3.63) is 447 Å². The first-order valence-corrected chi connectivity index (χ1v) is 48.2. The summed E-state index contributed by atoms with van der Waals surface area (Å²) in [4.78, 5) is 67.4. The number of pyridine rings is 9. The lowest BCUT2D eigenvalue weighted by Crippen LogP contribution is -1.95. The van der Waals surface area contributed by atoms with Gasteiger partial charge < -0.3 is 0 Å². The maximum Gasteiger partial charge on any atom is 0.132 e. The lowest BCUT2D eigenvalue weighted by Gasteiger charge is -2.11. The van der Waals surface area contributed by atoms with Gasteiger partial charge in [-0.1, -0.05) is 195 Å². The second kappa shape index (κ2) is 41.1. The molecule has 15 heterocycles. The Hall–Kier alpha value is -16.7. The van der Waals surface area contributed by atoms with Gasteiger partial charge in [0.2, 0.25) is 0 Å². The van der Waals surface area contributed by atoms with E-state index in [1.807, 2.05) is 142 Å². The molecule has 15 nitrogen and oxygen atoms in total. The van der Waals surface area contributed by atoms with Crippen molar-refractivity contribution in [1.82, 2.24) is 44.9 Å². The quantitative estimate of drug-likeness (QED) is 0.0906. The van der Waals surface area contributed by atoms with Gasteiger partial charge in [-0.2, -0.15) is 0 Å². The second-order valence-corrected chi connectivity index (χ2v) is 36.4. The molecule has 0 bridgehead atoms. The van der Waals surface area contributed by atoms with Gasteiger partial charge >= 0.3 is 0 Å². The number of aromatic nitrogens is 9. The van der Waals surface area contributed by atoms with Crippen LogP contribution in [0.4, 0.5) is 4.39 Å². The van der Waals surface area contributed by atoms with E-state index in [1.54, 1.807) is 12.3 Å². The molecule has 0 atom stereocenters. The molecule has 0 saturated heterocycles. The van der Waals surface area contributed by atoms with Gasteiger partial charge in [-0.3, -0.25) is 74.8 Å². The number of aliphatic imine (C=N–C) groups is 6. The number of nitrogens with zero attached hydrogens (tertiary/aromatic N) is 15. The van der Waals surface area contributed by atoms with Gasteiger partial charge in [-0.25, -0.2) is 4.39 Å². The normalized spacial score (nSPS) is 13.5. The summed E-state index contributed by atoms with van der Waals surface area (Å²) in [6, 6.07) is 99.2. The molecule has 9 aromatic heterocycles. The molecule has 680 valence electrons.